The third kappa shape index (κ3) is 10.0. The number of aromatic nitrogens is 3. The van der Waals surface area contributed by atoms with Crippen molar-refractivity contribution in [2.45, 2.75) is 87.5 Å². The van der Waals surface area contributed by atoms with Crippen LogP contribution in [0.15, 0.2) is 96.3 Å². The third-order valence-electron chi connectivity index (χ3n) is 15.8. The number of ether oxygens (including phenoxy) is 5. The summed E-state index contributed by atoms with van der Waals surface area (Å²) in [5.41, 5.74) is 10.8. The number of alkyl halides is 1. The van der Waals surface area contributed by atoms with Crippen LogP contribution in [0.2, 0.25) is 0 Å². The molecule has 0 radical (unpaired) electrons. The lowest BCUT2D eigenvalue weighted by Gasteiger charge is -2.58. The number of nitrogens with one attached hydrogen (secondary N) is 3. The number of carbonyl (C=O) groups is 1. The van der Waals surface area contributed by atoms with Gasteiger partial charge in [0.1, 0.15) is 33.4 Å². The Morgan fingerprint density at radius 3 is 2.51 bits per heavy atom. The number of anilines is 3. The number of methoxy groups -OCH3 is 1. The van der Waals surface area contributed by atoms with E-state index in [-0.39, 0.29) is 85.0 Å². The van der Waals surface area contributed by atoms with Gasteiger partial charge in [0, 0.05) is 120 Å². The average Bonchev–Trinajstić information content (AvgIpc) is 4.09. The molecule has 6 aromatic rings. The molecule has 3 saturated heterocycles. The van der Waals surface area contributed by atoms with Crippen molar-refractivity contribution in [2.75, 3.05) is 82.3 Å². The van der Waals surface area contributed by atoms with Crippen LogP contribution in [0, 0.1) is 5.41 Å². The normalized spacial score (nSPS) is 19.9. The lowest BCUT2D eigenvalue weighted by atomic mass is 9.59. The number of amides is 1. The topological polar surface area (TPSA) is 199 Å². The Morgan fingerprint density at radius 1 is 0.946 bits per heavy atom. The predicted molar refractivity (Wildman–Crippen MR) is 280 cm³/mol. The molecule has 390 valence electrons. The predicted octanol–water partition coefficient (Wildman–Crippen LogP) is 8.55. The molecule has 19 heteroatoms. The van der Waals surface area contributed by atoms with Gasteiger partial charge < -0.3 is 44.6 Å². The number of hydrogen-bond acceptors (Lipinski definition) is 15. The fraction of sp³-hybridized carbons (Fsp3) is 0.436. The van der Waals surface area contributed by atoms with Gasteiger partial charge in [0.25, 0.3) is 15.9 Å². The third-order valence-corrected chi connectivity index (χ3v) is 17.2. The molecule has 3 aromatic carbocycles. The molecule has 5 N–H and O–H groups in total. The van der Waals surface area contributed by atoms with Gasteiger partial charge >= 0.3 is 0 Å². The number of piperazine rings is 1. The number of hydrogen-bond donors (Lipinski definition) is 4. The lowest BCUT2D eigenvalue weighted by molar-refractivity contribution is -0.0628. The van der Waals surface area contributed by atoms with E-state index in [0.29, 0.717) is 29.2 Å². The SMILES string of the molecule is COc1ccc(CN2CCN(C3CC4(CCN(c5ccc(C(=O)NS(=O)(=O)c6cc(N)c(NCC7(F)CCOCC7)c7c6OCO7)c(Oc6cnc7[nH]ccc7c6)c5)CC4)C3)[C@H](c3ccccc3C(C)C)C2)cn1. The Balaban J connectivity index is 0.795. The first-order chi connectivity index (χ1) is 35.8. The van der Waals surface area contributed by atoms with Crippen LogP contribution < -0.4 is 39.6 Å². The molecule has 1 amide bonds. The number of halogens is 1. The maximum Gasteiger partial charge on any atom is 0.268 e. The van der Waals surface area contributed by atoms with Crippen molar-refractivity contribution in [3.63, 3.8) is 0 Å². The van der Waals surface area contributed by atoms with Crippen molar-refractivity contribution in [3.05, 3.63) is 114 Å². The van der Waals surface area contributed by atoms with Crippen LogP contribution in [0.1, 0.15) is 91.4 Å². The number of benzene rings is 3. The summed E-state index contributed by atoms with van der Waals surface area (Å²) in [6.45, 7) is 10.1. The molecule has 0 bridgehead atoms. The number of fused-ring (bicyclic) bond motifs is 2. The van der Waals surface area contributed by atoms with Crippen LogP contribution >= 0.6 is 0 Å². The number of aromatic amines is 1. The number of rotatable bonds is 15. The van der Waals surface area contributed by atoms with Crippen LogP contribution in [0.4, 0.5) is 21.5 Å². The van der Waals surface area contributed by atoms with Gasteiger partial charge in [-0.25, -0.2) is 27.5 Å². The highest BCUT2D eigenvalue weighted by Crippen LogP contribution is 2.54. The molecule has 1 saturated carbocycles. The Kier molecular flexibility index (Phi) is 13.5. The van der Waals surface area contributed by atoms with E-state index in [1.54, 1.807) is 37.7 Å². The molecule has 1 spiro atoms. The van der Waals surface area contributed by atoms with Gasteiger partial charge in [-0.3, -0.25) is 14.6 Å². The summed E-state index contributed by atoms with van der Waals surface area (Å²) < 4.78 is 74.5. The van der Waals surface area contributed by atoms with Crippen LogP contribution in [-0.2, 0) is 21.3 Å². The molecule has 4 aliphatic heterocycles. The van der Waals surface area contributed by atoms with Crippen LogP contribution in [0.3, 0.4) is 0 Å². The maximum absolute atomic E-state index is 15.5. The maximum atomic E-state index is 15.5. The highest BCUT2D eigenvalue weighted by atomic mass is 32.2. The van der Waals surface area contributed by atoms with Crippen LogP contribution in [0.5, 0.6) is 28.9 Å². The summed E-state index contributed by atoms with van der Waals surface area (Å²) in [7, 11) is -2.98. The summed E-state index contributed by atoms with van der Waals surface area (Å²) in [5.74, 6) is 0.501. The first-order valence-electron chi connectivity index (χ1n) is 25.6. The minimum absolute atomic E-state index is 0.0130. The summed E-state index contributed by atoms with van der Waals surface area (Å²) in [6, 6.07) is 23.9. The van der Waals surface area contributed by atoms with E-state index >= 15 is 4.39 Å². The molecule has 5 aliphatic rings. The van der Waals surface area contributed by atoms with Gasteiger partial charge in [0.2, 0.25) is 12.7 Å². The number of H-pyrrole nitrogens is 1. The fourth-order valence-corrected chi connectivity index (χ4v) is 12.8. The zero-order valence-corrected chi connectivity index (χ0v) is 42.9. The second-order valence-corrected chi connectivity index (χ2v) is 22.5. The molecule has 4 fully saturated rings. The number of nitrogen functional groups attached to an aromatic ring is 1. The van der Waals surface area contributed by atoms with E-state index in [0.717, 1.165) is 76.0 Å². The van der Waals surface area contributed by atoms with Crippen molar-refractivity contribution in [1.82, 2.24) is 29.5 Å². The van der Waals surface area contributed by atoms with E-state index in [9.17, 15) is 13.2 Å². The van der Waals surface area contributed by atoms with Gasteiger partial charge in [0.15, 0.2) is 11.5 Å². The van der Waals surface area contributed by atoms with Crippen molar-refractivity contribution >= 4 is 44.0 Å². The molecule has 17 nitrogen and oxygen atoms in total. The standard InChI is InChI=1S/C55H64FN9O8S/c1-35(2)41-6-4-5-7-42(41)45-32-63(31-36-8-11-48(69-3)59-29-36)20-21-65(45)39-27-54(28-39)13-18-64(19-14-54)38-9-10-43(46(25-38)73-40-24-37-12-17-58-52(37)60-30-40)53(66)62-74(67,68)47-26-44(57)49(51-50(47)71-34-72-51)61-33-55(56)15-22-70-23-16-55/h4-12,17,24-26,29-30,35,39,45,61H,13-16,18-23,27-28,31-34,57H2,1-3H3,(H,58,60)(H,62,66)/t45-/m0/s1. The number of piperidine rings is 1. The fourth-order valence-electron chi connectivity index (χ4n) is 11.7. The van der Waals surface area contributed by atoms with Crippen LogP contribution in [0.25, 0.3) is 11.0 Å². The summed E-state index contributed by atoms with van der Waals surface area (Å²) in [6.07, 6.45) is 9.96. The number of sulfonamides is 1. The molecular weight excluding hydrogens is 966 g/mol. The Bertz CT molecular complexity index is 3130. The van der Waals surface area contributed by atoms with Crippen molar-refractivity contribution in [3.8, 4) is 28.9 Å². The quantitative estimate of drug-likeness (QED) is 0.0713. The second-order valence-electron chi connectivity index (χ2n) is 20.9. The zero-order chi connectivity index (χ0) is 51.2. The van der Waals surface area contributed by atoms with E-state index in [2.05, 4.69) is 83.9 Å². The summed E-state index contributed by atoms with van der Waals surface area (Å²) in [5, 5.41) is 3.81. The zero-order valence-electron chi connectivity index (χ0n) is 42.1. The van der Waals surface area contributed by atoms with Gasteiger partial charge in [-0.15, -0.1) is 0 Å². The first-order valence-corrected chi connectivity index (χ1v) is 27.1. The molecule has 7 heterocycles. The molecular formula is C55H64FN9O8S. The lowest BCUT2D eigenvalue weighted by Crippen LogP contribution is -2.60. The van der Waals surface area contributed by atoms with Crippen molar-refractivity contribution < 1.29 is 41.3 Å². The largest absolute Gasteiger partial charge is 0.481 e. The molecule has 74 heavy (non-hydrogen) atoms. The van der Waals surface area contributed by atoms with Crippen molar-refractivity contribution in [2.24, 2.45) is 5.41 Å². The highest BCUT2D eigenvalue weighted by Gasteiger charge is 2.50. The van der Waals surface area contributed by atoms with Crippen LogP contribution in [-0.4, -0.2) is 117 Å². The average molecular weight is 1030 g/mol. The number of pyridine rings is 2. The van der Waals surface area contributed by atoms with Crippen molar-refractivity contribution in [1.29, 1.82) is 0 Å². The number of nitrogens with zero attached hydrogens (tertiary/aromatic N) is 5. The molecule has 0 unspecified atom stereocenters. The van der Waals surface area contributed by atoms with Gasteiger partial charge in [-0.05, 0) is 84.0 Å². The Labute approximate surface area is 430 Å². The second kappa shape index (κ2) is 20.2. The van der Waals surface area contributed by atoms with E-state index < -0.39 is 26.5 Å². The Morgan fingerprint density at radius 2 is 1.74 bits per heavy atom. The van der Waals surface area contributed by atoms with Gasteiger partial charge in [-0.1, -0.05) is 44.2 Å². The van der Waals surface area contributed by atoms with Gasteiger partial charge in [-0.2, -0.15) is 0 Å². The molecule has 1 atom stereocenters. The summed E-state index contributed by atoms with van der Waals surface area (Å²) >= 11 is 0. The number of carbonyl (C=O) groups excluding carboxylic acids is 1. The van der Waals surface area contributed by atoms with E-state index in [4.69, 9.17) is 29.4 Å². The number of nitrogens with two attached hydrogens (primary N) is 1. The minimum atomic E-state index is -4.62. The van der Waals surface area contributed by atoms with Gasteiger partial charge in [0.05, 0.1) is 24.6 Å². The molecule has 11 rings (SSSR count). The highest BCUT2D eigenvalue weighted by molar-refractivity contribution is 7.90. The minimum Gasteiger partial charge on any atom is -0.481 e. The molecule has 1 aliphatic carbocycles. The molecule has 3 aromatic heterocycles. The van der Waals surface area contributed by atoms with E-state index in [1.807, 2.05) is 24.4 Å². The van der Waals surface area contributed by atoms with E-state index in [1.165, 1.54) is 22.8 Å². The smallest absolute Gasteiger partial charge is 0.268 e. The first kappa shape index (κ1) is 49.5. The summed E-state index contributed by atoms with van der Waals surface area (Å²) in [4.78, 5) is 33.6. The monoisotopic (exact) mass is 1030 g/mol. The Hall–Kier alpha value is -6.67.